The van der Waals surface area contributed by atoms with E-state index in [2.05, 4.69) is 10.9 Å². The fourth-order valence-electron chi connectivity index (χ4n) is 1.48. The summed E-state index contributed by atoms with van der Waals surface area (Å²) in [6.45, 7) is 0. The Hall–Kier alpha value is -2.32. The molecule has 0 bridgehead atoms. The fourth-order valence-corrected chi connectivity index (χ4v) is 2.31. The van der Waals surface area contributed by atoms with E-state index in [-0.39, 0.29) is 5.69 Å². The molecule has 0 fully saturated rings. The molecule has 2 aromatic rings. The van der Waals surface area contributed by atoms with E-state index in [9.17, 15) is 4.79 Å². The topological polar surface area (TPSA) is 65.2 Å². The standard InChI is InChI=1S/C13H10N2O2S/c1-3-8-4-5-11(17-2)9(6-8)13-15-10(7-18-13)12(14)16/h1,4-7H,2H3,(H2,14,16). The Morgan fingerprint density at radius 3 is 2.89 bits per heavy atom. The number of terminal acetylenes is 1. The number of methoxy groups -OCH3 is 1. The molecular formula is C13H10N2O2S. The van der Waals surface area contributed by atoms with Crippen LogP contribution in [-0.2, 0) is 0 Å². The minimum absolute atomic E-state index is 0.239. The molecule has 2 rings (SSSR count). The summed E-state index contributed by atoms with van der Waals surface area (Å²) in [7, 11) is 1.57. The molecule has 0 aliphatic carbocycles. The number of hydrogen-bond acceptors (Lipinski definition) is 4. The van der Waals surface area contributed by atoms with Crippen LogP contribution >= 0.6 is 11.3 Å². The van der Waals surface area contributed by atoms with Gasteiger partial charge in [-0.3, -0.25) is 4.79 Å². The van der Waals surface area contributed by atoms with E-state index in [1.165, 1.54) is 11.3 Å². The Morgan fingerprint density at radius 1 is 1.56 bits per heavy atom. The van der Waals surface area contributed by atoms with Crippen LogP contribution in [0.2, 0.25) is 0 Å². The first kappa shape index (κ1) is 12.1. The molecule has 90 valence electrons. The molecule has 0 aliphatic heterocycles. The first-order chi connectivity index (χ1) is 8.65. The highest BCUT2D eigenvalue weighted by Crippen LogP contribution is 2.32. The van der Waals surface area contributed by atoms with Crippen LogP contribution in [0.1, 0.15) is 16.1 Å². The van der Waals surface area contributed by atoms with Gasteiger partial charge in [0.2, 0.25) is 0 Å². The highest BCUT2D eigenvalue weighted by molar-refractivity contribution is 7.13. The number of rotatable bonds is 3. The largest absolute Gasteiger partial charge is 0.496 e. The van der Waals surface area contributed by atoms with Crippen LogP contribution in [0, 0.1) is 12.3 Å². The second-order valence-corrected chi connectivity index (χ2v) is 4.32. The highest BCUT2D eigenvalue weighted by atomic mass is 32.1. The lowest BCUT2D eigenvalue weighted by atomic mass is 10.1. The number of nitrogens with zero attached hydrogens (tertiary/aromatic N) is 1. The maximum Gasteiger partial charge on any atom is 0.268 e. The summed E-state index contributed by atoms with van der Waals surface area (Å²) in [4.78, 5) is 15.2. The molecule has 0 aliphatic rings. The van der Waals surface area contributed by atoms with Gasteiger partial charge in [0, 0.05) is 10.9 Å². The van der Waals surface area contributed by atoms with Gasteiger partial charge in [0.05, 0.1) is 12.7 Å². The van der Waals surface area contributed by atoms with Gasteiger partial charge in [0.25, 0.3) is 5.91 Å². The number of primary amides is 1. The summed E-state index contributed by atoms with van der Waals surface area (Å²) >= 11 is 1.32. The molecule has 0 saturated heterocycles. The van der Waals surface area contributed by atoms with E-state index in [4.69, 9.17) is 16.9 Å². The molecule has 0 saturated carbocycles. The number of aromatic nitrogens is 1. The average molecular weight is 258 g/mol. The van der Waals surface area contributed by atoms with Crippen LogP contribution in [0.3, 0.4) is 0 Å². The number of hydrogen-bond donors (Lipinski definition) is 1. The van der Waals surface area contributed by atoms with Gasteiger partial charge in [-0.05, 0) is 18.2 Å². The Kier molecular flexibility index (Phi) is 3.31. The summed E-state index contributed by atoms with van der Waals surface area (Å²) in [5, 5.41) is 2.26. The number of benzene rings is 1. The fraction of sp³-hybridized carbons (Fsp3) is 0.0769. The molecule has 2 N–H and O–H groups in total. The van der Waals surface area contributed by atoms with Crippen molar-refractivity contribution >= 4 is 17.2 Å². The van der Waals surface area contributed by atoms with Gasteiger partial charge in [0.1, 0.15) is 16.5 Å². The number of carbonyl (C=O) groups excluding carboxylic acids is 1. The van der Waals surface area contributed by atoms with Crippen molar-refractivity contribution in [2.24, 2.45) is 5.73 Å². The van der Waals surface area contributed by atoms with Gasteiger partial charge in [-0.2, -0.15) is 0 Å². The van der Waals surface area contributed by atoms with Crippen molar-refractivity contribution in [2.45, 2.75) is 0 Å². The molecule has 5 heteroatoms. The number of ether oxygens (including phenoxy) is 1. The minimum Gasteiger partial charge on any atom is -0.496 e. The predicted molar refractivity (Wildman–Crippen MR) is 70.6 cm³/mol. The second kappa shape index (κ2) is 4.90. The Morgan fingerprint density at radius 2 is 2.33 bits per heavy atom. The van der Waals surface area contributed by atoms with Gasteiger partial charge in [-0.25, -0.2) is 4.98 Å². The Balaban J connectivity index is 2.54. The van der Waals surface area contributed by atoms with Gasteiger partial charge in [-0.1, -0.05) is 5.92 Å². The predicted octanol–water partition coefficient (Wildman–Crippen LogP) is 1.90. The van der Waals surface area contributed by atoms with E-state index < -0.39 is 5.91 Å². The lowest BCUT2D eigenvalue weighted by Crippen LogP contribution is -2.10. The zero-order valence-electron chi connectivity index (χ0n) is 9.64. The molecule has 0 radical (unpaired) electrons. The average Bonchev–Trinajstić information content (AvgIpc) is 2.87. The van der Waals surface area contributed by atoms with Crippen molar-refractivity contribution in [3.63, 3.8) is 0 Å². The molecule has 0 atom stereocenters. The summed E-state index contributed by atoms with van der Waals surface area (Å²) in [6, 6.07) is 5.35. The maximum absolute atomic E-state index is 11.0. The van der Waals surface area contributed by atoms with Gasteiger partial charge in [-0.15, -0.1) is 17.8 Å². The Labute approximate surface area is 108 Å². The zero-order valence-corrected chi connectivity index (χ0v) is 10.5. The van der Waals surface area contributed by atoms with Crippen molar-refractivity contribution in [2.75, 3.05) is 7.11 Å². The van der Waals surface area contributed by atoms with Gasteiger partial charge < -0.3 is 10.5 Å². The molecule has 1 amide bonds. The number of thiazole rings is 1. The van der Waals surface area contributed by atoms with Crippen LogP contribution in [0.4, 0.5) is 0 Å². The smallest absolute Gasteiger partial charge is 0.268 e. The molecule has 4 nitrogen and oxygen atoms in total. The first-order valence-electron chi connectivity index (χ1n) is 5.06. The van der Waals surface area contributed by atoms with Gasteiger partial charge in [0.15, 0.2) is 0 Å². The first-order valence-corrected chi connectivity index (χ1v) is 5.94. The Bertz CT molecular complexity index is 641. The summed E-state index contributed by atoms with van der Waals surface area (Å²) < 4.78 is 5.25. The van der Waals surface area contributed by atoms with E-state index >= 15 is 0 Å². The van der Waals surface area contributed by atoms with Crippen LogP contribution in [0.5, 0.6) is 5.75 Å². The van der Waals surface area contributed by atoms with Gasteiger partial charge >= 0.3 is 0 Å². The van der Waals surface area contributed by atoms with E-state index in [1.807, 2.05) is 0 Å². The van der Waals surface area contributed by atoms with Crippen molar-refractivity contribution in [3.8, 4) is 28.7 Å². The molecule has 1 aromatic carbocycles. The SMILES string of the molecule is C#Cc1ccc(OC)c(-c2nc(C(N)=O)cs2)c1. The molecule has 1 heterocycles. The van der Waals surface area contributed by atoms with Crippen LogP contribution in [-0.4, -0.2) is 18.0 Å². The summed E-state index contributed by atoms with van der Waals surface area (Å²) in [6.07, 6.45) is 5.36. The number of carbonyl (C=O) groups is 1. The molecular weight excluding hydrogens is 248 g/mol. The van der Waals surface area contributed by atoms with Crippen molar-refractivity contribution in [3.05, 3.63) is 34.8 Å². The zero-order chi connectivity index (χ0) is 13.1. The van der Waals surface area contributed by atoms with Crippen LogP contribution < -0.4 is 10.5 Å². The third kappa shape index (κ3) is 2.19. The maximum atomic E-state index is 11.0. The van der Waals surface area contributed by atoms with Crippen molar-refractivity contribution in [1.82, 2.24) is 4.98 Å². The third-order valence-corrected chi connectivity index (χ3v) is 3.23. The quantitative estimate of drug-likeness (QED) is 0.855. The lowest BCUT2D eigenvalue weighted by molar-refractivity contribution is 0.0996. The summed E-state index contributed by atoms with van der Waals surface area (Å²) in [5.41, 5.74) is 6.89. The van der Waals surface area contributed by atoms with Crippen LogP contribution in [0.15, 0.2) is 23.6 Å². The summed E-state index contributed by atoms with van der Waals surface area (Å²) in [5.74, 6) is 2.65. The molecule has 1 aromatic heterocycles. The van der Waals surface area contributed by atoms with Crippen LogP contribution in [0.25, 0.3) is 10.6 Å². The van der Waals surface area contributed by atoms with E-state index in [0.717, 1.165) is 11.1 Å². The van der Waals surface area contributed by atoms with Crippen molar-refractivity contribution < 1.29 is 9.53 Å². The minimum atomic E-state index is -0.551. The van der Waals surface area contributed by atoms with E-state index in [1.54, 1.807) is 30.7 Å². The van der Waals surface area contributed by atoms with Crippen molar-refractivity contribution in [1.29, 1.82) is 0 Å². The molecule has 0 unspecified atom stereocenters. The second-order valence-electron chi connectivity index (χ2n) is 3.46. The van der Waals surface area contributed by atoms with E-state index in [0.29, 0.717) is 10.8 Å². The normalized spacial score (nSPS) is 9.78. The highest BCUT2D eigenvalue weighted by Gasteiger charge is 2.13. The molecule has 18 heavy (non-hydrogen) atoms. The number of nitrogens with two attached hydrogens (primary N) is 1. The molecule has 0 spiro atoms. The lowest BCUT2D eigenvalue weighted by Gasteiger charge is -2.06. The third-order valence-electron chi connectivity index (χ3n) is 2.35. The number of amides is 1. The monoisotopic (exact) mass is 258 g/mol.